The third kappa shape index (κ3) is 7.90. The molecule has 0 aliphatic heterocycles. The third-order valence-corrected chi connectivity index (χ3v) is 3.98. The second-order valence-electron chi connectivity index (χ2n) is 4.39. The van der Waals surface area contributed by atoms with E-state index in [9.17, 15) is 21.6 Å². The molecule has 0 spiro atoms. The number of benzene rings is 2. The lowest BCUT2D eigenvalue weighted by Gasteiger charge is -2.00. The largest absolute Gasteiger partial charge is 0.454 e. The maximum atomic E-state index is 10.7. The van der Waals surface area contributed by atoms with E-state index in [1.165, 1.54) is 24.3 Å². The molecule has 25 heavy (non-hydrogen) atoms. The Hall–Kier alpha value is -2.27. The Balaban J connectivity index is 0.000000257. The topological polar surface area (TPSA) is 127 Å². The van der Waals surface area contributed by atoms with Crippen LogP contribution in [0.1, 0.15) is 5.56 Å². The molecule has 2 rings (SSSR count). The molecule has 1 N–H and O–H groups in total. The summed E-state index contributed by atoms with van der Waals surface area (Å²) < 4.78 is 56.7. The van der Waals surface area contributed by atoms with Gasteiger partial charge in [0.15, 0.2) is 5.75 Å². The van der Waals surface area contributed by atoms with E-state index in [0.29, 0.717) is 0 Å². The molecular formula is C14H12ClNO7S2. The van der Waals surface area contributed by atoms with E-state index in [2.05, 4.69) is 9.10 Å². The number of rotatable bonds is 2. The number of ether oxygens (including phenoxy) is 1. The van der Waals surface area contributed by atoms with Crippen LogP contribution in [0.4, 0.5) is 4.79 Å². The lowest BCUT2D eigenvalue weighted by molar-refractivity contribution is 0.212. The lowest BCUT2D eigenvalue weighted by atomic mass is 10.2. The van der Waals surface area contributed by atoms with Crippen LogP contribution in [0.25, 0.3) is 0 Å². The van der Waals surface area contributed by atoms with Gasteiger partial charge in [0.1, 0.15) is 0 Å². The number of hydrogen-bond donors (Lipinski definition) is 1. The first-order valence-corrected chi connectivity index (χ1v) is 9.26. The van der Waals surface area contributed by atoms with E-state index in [1.54, 1.807) is 24.3 Å². The van der Waals surface area contributed by atoms with E-state index in [0.717, 1.165) is 5.56 Å². The molecule has 11 heteroatoms. The fourth-order valence-electron chi connectivity index (χ4n) is 1.41. The summed E-state index contributed by atoms with van der Waals surface area (Å²) in [5, 5.41) is 0.202. The van der Waals surface area contributed by atoms with Crippen LogP contribution in [0.15, 0.2) is 57.8 Å². The normalized spacial score (nSPS) is 10.2. The van der Waals surface area contributed by atoms with Gasteiger partial charge in [-0.2, -0.15) is 16.8 Å². The second kappa shape index (κ2) is 9.28. The highest BCUT2D eigenvalue weighted by Crippen LogP contribution is 2.23. The van der Waals surface area contributed by atoms with Crippen molar-refractivity contribution in [2.24, 2.45) is 4.36 Å². The molecule has 134 valence electrons. The summed E-state index contributed by atoms with van der Waals surface area (Å²) >= 11 is 5.63. The number of hydrogen-bond acceptors (Lipinski definition) is 6. The zero-order valence-corrected chi connectivity index (χ0v) is 15.0. The van der Waals surface area contributed by atoms with Crippen molar-refractivity contribution in [1.82, 2.24) is 0 Å². The van der Waals surface area contributed by atoms with Crippen LogP contribution in [0.2, 0.25) is 5.02 Å². The number of para-hydroxylation sites is 1. The number of nitrogens with zero attached hydrogens (tertiary/aromatic N) is 1. The average molecular weight is 406 g/mol. The molecule has 1 amide bonds. The fourth-order valence-corrected chi connectivity index (χ4v) is 2.22. The summed E-state index contributed by atoms with van der Waals surface area (Å²) in [7, 11) is -6.84. The summed E-state index contributed by atoms with van der Waals surface area (Å²) in [6.07, 6.45) is -1.23. The quantitative estimate of drug-likeness (QED) is 0.760. The molecule has 0 unspecified atom stereocenters. The molecule has 0 heterocycles. The lowest BCUT2D eigenvalue weighted by Crippen LogP contribution is -2.01. The van der Waals surface area contributed by atoms with E-state index < -0.39 is 26.7 Å². The first-order valence-electron chi connectivity index (χ1n) is 6.41. The van der Waals surface area contributed by atoms with E-state index in [-0.39, 0.29) is 15.7 Å². The Kier molecular flexibility index (Phi) is 7.71. The minimum Gasteiger partial charge on any atom is -0.406 e. The highest BCUT2D eigenvalue weighted by Gasteiger charge is 2.07. The molecule has 0 radical (unpaired) electrons. The van der Waals surface area contributed by atoms with Crippen molar-refractivity contribution >= 4 is 38.3 Å². The molecule has 8 nitrogen and oxygen atoms in total. The van der Waals surface area contributed by atoms with Gasteiger partial charge < -0.3 is 4.74 Å². The molecule has 2 aromatic carbocycles. The van der Waals surface area contributed by atoms with Gasteiger partial charge in [-0.3, -0.25) is 4.55 Å². The number of carbonyl (C=O) groups excluding carboxylic acids is 1. The third-order valence-electron chi connectivity index (χ3n) is 2.50. The van der Waals surface area contributed by atoms with Gasteiger partial charge >= 0.3 is 16.6 Å². The molecule has 0 fully saturated rings. The van der Waals surface area contributed by atoms with Crippen molar-refractivity contribution in [3.63, 3.8) is 0 Å². The van der Waals surface area contributed by atoms with Gasteiger partial charge in [0.05, 0.1) is 9.92 Å². The molecule has 0 bridgehead atoms. The maximum absolute atomic E-state index is 10.7. The van der Waals surface area contributed by atoms with E-state index in [1.807, 2.05) is 6.92 Å². The zero-order chi connectivity index (χ0) is 19.0. The Morgan fingerprint density at radius 3 is 2.16 bits per heavy atom. The molecule has 0 aliphatic carbocycles. The van der Waals surface area contributed by atoms with Gasteiger partial charge in [0.2, 0.25) is 0 Å². The molecule has 0 atom stereocenters. The van der Waals surface area contributed by atoms with Crippen molar-refractivity contribution in [2.75, 3.05) is 0 Å². The summed E-state index contributed by atoms with van der Waals surface area (Å²) in [5.41, 5.74) is 0.956. The molecule has 0 aliphatic rings. The van der Waals surface area contributed by atoms with Crippen LogP contribution in [-0.2, 0) is 20.6 Å². The summed E-state index contributed by atoms with van der Waals surface area (Å²) in [6.45, 7) is 1.84. The van der Waals surface area contributed by atoms with Crippen molar-refractivity contribution < 1.29 is 30.9 Å². The van der Waals surface area contributed by atoms with E-state index >= 15 is 0 Å². The predicted octanol–water partition coefficient (Wildman–Crippen LogP) is 3.14. The minimum absolute atomic E-state index is 0.0633. The van der Waals surface area contributed by atoms with Crippen LogP contribution in [0, 0.1) is 6.92 Å². The first-order chi connectivity index (χ1) is 11.6. The van der Waals surface area contributed by atoms with E-state index in [4.69, 9.17) is 16.2 Å². The van der Waals surface area contributed by atoms with Crippen molar-refractivity contribution in [1.29, 1.82) is 0 Å². The van der Waals surface area contributed by atoms with Gasteiger partial charge in [-0.05, 0) is 31.2 Å². The van der Waals surface area contributed by atoms with Crippen LogP contribution in [0.5, 0.6) is 5.75 Å². The Labute approximate surface area is 150 Å². The Bertz CT molecular complexity index is 976. The standard InChI is InChI=1S/C7H4ClNO4S.C7H8O3S/c8-5-3-1-2-4-6(5)13-7(10)9-14(11)12;1-6-2-4-7(5-3-6)11(8,9)10/h1-4H;2-5H,1H3,(H,8,9,10). The average Bonchev–Trinajstić information content (AvgIpc) is 2.49. The number of aryl methyl sites for hydroxylation is 1. The van der Waals surface area contributed by atoms with Gasteiger partial charge in [-0.25, -0.2) is 4.79 Å². The summed E-state index contributed by atoms with van der Waals surface area (Å²) in [4.78, 5) is 10.7. The highest BCUT2D eigenvalue weighted by atomic mass is 35.5. The van der Waals surface area contributed by atoms with Gasteiger partial charge in [-0.15, -0.1) is 0 Å². The monoisotopic (exact) mass is 405 g/mol. The molecular weight excluding hydrogens is 394 g/mol. The summed E-state index contributed by atoms with van der Waals surface area (Å²) in [6, 6.07) is 12.1. The maximum Gasteiger partial charge on any atom is 0.454 e. The number of amides is 1. The van der Waals surface area contributed by atoms with Crippen LogP contribution in [-0.4, -0.2) is 27.5 Å². The van der Waals surface area contributed by atoms with Gasteiger partial charge in [0, 0.05) is 0 Å². The van der Waals surface area contributed by atoms with Gasteiger partial charge in [0.25, 0.3) is 10.1 Å². The van der Waals surface area contributed by atoms with Crippen molar-refractivity contribution in [3.8, 4) is 5.75 Å². The highest BCUT2D eigenvalue weighted by molar-refractivity contribution is 7.85. The predicted molar refractivity (Wildman–Crippen MR) is 89.8 cm³/mol. The zero-order valence-electron chi connectivity index (χ0n) is 12.7. The number of carbonyl (C=O) groups is 1. The Morgan fingerprint density at radius 1 is 1.12 bits per heavy atom. The molecule has 0 aromatic heterocycles. The molecule has 2 aromatic rings. The second-order valence-corrected chi connectivity index (χ2v) is 6.84. The number of halogens is 1. The first kappa shape index (κ1) is 20.8. The molecule has 0 saturated heterocycles. The molecule has 0 saturated carbocycles. The smallest absolute Gasteiger partial charge is 0.406 e. The van der Waals surface area contributed by atoms with Crippen molar-refractivity contribution in [3.05, 3.63) is 59.1 Å². The van der Waals surface area contributed by atoms with Crippen molar-refractivity contribution in [2.45, 2.75) is 11.8 Å². The fraction of sp³-hybridized carbons (Fsp3) is 0.0714. The van der Waals surface area contributed by atoms with Gasteiger partial charge in [-0.1, -0.05) is 45.8 Å². The Morgan fingerprint density at radius 2 is 1.68 bits per heavy atom. The summed E-state index contributed by atoms with van der Waals surface area (Å²) in [5.74, 6) is 0.0633. The minimum atomic E-state index is -4.02. The SMILES string of the molecule is Cc1ccc(S(=O)(=O)O)cc1.O=C(N=S(=O)=O)Oc1ccccc1Cl. The van der Waals surface area contributed by atoms with Crippen LogP contribution >= 0.6 is 11.6 Å². The van der Waals surface area contributed by atoms with Crippen LogP contribution in [0.3, 0.4) is 0 Å². The van der Waals surface area contributed by atoms with Crippen LogP contribution < -0.4 is 4.74 Å².